The van der Waals surface area contributed by atoms with Gasteiger partial charge in [-0.1, -0.05) is 42.9 Å². The molecular weight excluding hydrogens is 344 g/mol. The van der Waals surface area contributed by atoms with Gasteiger partial charge in [-0.2, -0.15) is 0 Å². The molecule has 24 heavy (non-hydrogen) atoms. The number of hydrogen-bond donors (Lipinski definition) is 1. The van der Waals surface area contributed by atoms with Gasteiger partial charge in [-0.25, -0.2) is 0 Å². The third-order valence-corrected chi connectivity index (χ3v) is 6.69. The van der Waals surface area contributed by atoms with E-state index in [4.69, 9.17) is 0 Å². The van der Waals surface area contributed by atoms with Gasteiger partial charge in [0.25, 0.3) is 0 Å². The Morgan fingerprint density at radius 2 is 2.00 bits per heavy atom. The SMILES string of the molecule is CC(=O)N(c1nnc(SCC(=O)N[C@H]2CCCC[C@@H]2C)s1)C1CC1. The van der Waals surface area contributed by atoms with E-state index in [1.165, 1.54) is 42.4 Å². The van der Waals surface area contributed by atoms with Crippen LogP contribution in [0.15, 0.2) is 4.34 Å². The lowest BCUT2D eigenvalue weighted by atomic mass is 9.86. The lowest BCUT2D eigenvalue weighted by Gasteiger charge is -2.29. The normalized spacial score (nSPS) is 23.8. The first-order chi connectivity index (χ1) is 11.5. The maximum atomic E-state index is 12.2. The number of nitrogens with one attached hydrogen (secondary N) is 1. The van der Waals surface area contributed by atoms with Gasteiger partial charge >= 0.3 is 0 Å². The molecule has 1 N–H and O–H groups in total. The van der Waals surface area contributed by atoms with Crippen LogP contribution in [0.2, 0.25) is 0 Å². The van der Waals surface area contributed by atoms with Crippen molar-refractivity contribution in [2.45, 2.75) is 68.8 Å². The minimum atomic E-state index is 0.00855. The molecule has 2 atom stereocenters. The summed E-state index contributed by atoms with van der Waals surface area (Å²) in [5.74, 6) is 0.972. The molecule has 2 saturated carbocycles. The Kier molecular flexibility index (Phi) is 5.76. The highest BCUT2D eigenvalue weighted by molar-refractivity contribution is 8.01. The molecule has 2 aliphatic carbocycles. The predicted octanol–water partition coefficient (Wildman–Crippen LogP) is 2.84. The van der Waals surface area contributed by atoms with Gasteiger partial charge in [-0.05, 0) is 31.6 Å². The molecular formula is C16H24N4O2S2. The van der Waals surface area contributed by atoms with E-state index in [0.29, 0.717) is 22.8 Å². The zero-order valence-corrected chi connectivity index (χ0v) is 15.8. The van der Waals surface area contributed by atoms with Crippen LogP contribution in [0.5, 0.6) is 0 Å². The summed E-state index contributed by atoms with van der Waals surface area (Å²) < 4.78 is 0.740. The van der Waals surface area contributed by atoms with E-state index in [9.17, 15) is 9.59 Å². The van der Waals surface area contributed by atoms with E-state index in [1.807, 2.05) is 0 Å². The van der Waals surface area contributed by atoms with Crippen LogP contribution < -0.4 is 10.2 Å². The molecule has 8 heteroatoms. The number of anilines is 1. The molecule has 0 aromatic carbocycles. The quantitative estimate of drug-likeness (QED) is 0.617. The highest BCUT2D eigenvalue weighted by Gasteiger charge is 2.34. The van der Waals surface area contributed by atoms with Crippen molar-refractivity contribution in [1.82, 2.24) is 15.5 Å². The lowest BCUT2D eigenvalue weighted by Crippen LogP contribution is -2.41. The average Bonchev–Trinajstić information content (AvgIpc) is 3.25. The number of carbonyl (C=O) groups is 2. The van der Waals surface area contributed by atoms with Crippen molar-refractivity contribution >= 4 is 40.0 Å². The minimum absolute atomic E-state index is 0.00855. The summed E-state index contributed by atoms with van der Waals surface area (Å²) in [6.07, 6.45) is 6.80. The summed E-state index contributed by atoms with van der Waals surface area (Å²) in [7, 11) is 0. The van der Waals surface area contributed by atoms with E-state index in [2.05, 4.69) is 22.4 Å². The van der Waals surface area contributed by atoms with Crippen LogP contribution in [-0.4, -0.2) is 39.8 Å². The summed E-state index contributed by atoms with van der Waals surface area (Å²) in [5, 5.41) is 12.0. The van der Waals surface area contributed by atoms with Gasteiger partial charge in [0.05, 0.1) is 5.75 Å². The minimum Gasteiger partial charge on any atom is -0.352 e. The first-order valence-corrected chi connectivity index (χ1v) is 10.4. The molecule has 2 aliphatic rings. The zero-order chi connectivity index (χ0) is 17.1. The van der Waals surface area contributed by atoms with Crippen molar-refractivity contribution < 1.29 is 9.59 Å². The van der Waals surface area contributed by atoms with E-state index in [1.54, 1.807) is 11.8 Å². The summed E-state index contributed by atoms with van der Waals surface area (Å²) in [4.78, 5) is 25.6. The molecule has 0 bridgehead atoms. The molecule has 3 rings (SSSR count). The zero-order valence-electron chi connectivity index (χ0n) is 14.2. The molecule has 0 saturated heterocycles. The van der Waals surface area contributed by atoms with Crippen molar-refractivity contribution in [3.8, 4) is 0 Å². The van der Waals surface area contributed by atoms with Crippen LogP contribution in [0.3, 0.4) is 0 Å². The first-order valence-electron chi connectivity index (χ1n) is 8.60. The van der Waals surface area contributed by atoms with Crippen molar-refractivity contribution in [2.24, 2.45) is 5.92 Å². The fourth-order valence-corrected chi connectivity index (χ4v) is 4.91. The predicted molar refractivity (Wildman–Crippen MR) is 96.4 cm³/mol. The standard InChI is InChI=1S/C16H24N4O2S2/c1-10-5-3-4-6-13(10)17-14(22)9-23-16-19-18-15(24-16)20(11(2)21)12-7-8-12/h10,12-13H,3-9H2,1-2H3,(H,17,22)/t10-,13-/m0/s1. The maximum absolute atomic E-state index is 12.2. The van der Waals surface area contributed by atoms with Crippen LogP contribution >= 0.6 is 23.1 Å². The van der Waals surface area contributed by atoms with Crippen LogP contribution in [0.4, 0.5) is 5.13 Å². The van der Waals surface area contributed by atoms with Crippen LogP contribution in [-0.2, 0) is 9.59 Å². The maximum Gasteiger partial charge on any atom is 0.230 e. The largest absolute Gasteiger partial charge is 0.352 e. The summed E-state index contributed by atoms with van der Waals surface area (Å²) in [6, 6.07) is 0.587. The number of hydrogen-bond acceptors (Lipinski definition) is 6. The van der Waals surface area contributed by atoms with Gasteiger partial charge in [0, 0.05) is 19.0 Å². The second-order valence-electron chi connectivity index (χ2n) is 6.70. The van der Waals surface area contributed by atoms with Gasteiger partial charge < -0.3 is 5.32 Å². The second-order valence-corrected chi connectivity index (χ2v) is 8.87. The van der Waals surface area contributed by atoms with Crippen molar-refractivity contribution in [1.29, 1.82) is 0 Å². The molecule has 0 spiro atoms. The highest BCUT2D eigenvalue weighted by atomic mass is 32.2. The third kappa shape index (κ3) is 4.47. The van der Waals surface area contributed by atoms with Gasteiger partial charge in [0.1, 0.15) is 0 Å². The first kappa shape index (κ1) is 17.7. The fourth-order valence-electron chi connectivity index (χ4n) is 3.15. The van der Waals surface area contributed by atoms with E-state index in [-0.39, 0.29) is 17.9 Å². The molecule has 132 valence electrons. The van der Waals surface area contributed by atoms with E-state index >= 15 is 0 Å². The molecule has 0 aliphatic heterocycles. The molecule has 0 radical (unpaired) electrons. The number of aromatic nitrogens is 2. The Hall–Kier alpha value is -1.15. The Bertz CT molecular complexity index is 603. The van der Waals surface area contributed by atoms with Crippen LogP contribution in [0.1, 0.15) is 52.4 Å². The smallest absolute Gasteiger partial charge is 0.230 e. The highest BCUT2D eigenvalue weighted by Crippen LogP contribution is 2.35. The van der Waals surface area contributed by atoms with Gasteiger partial charge in [-0.3, -0.25) is 14.5 Å². The Balaban J connectivity index is 1.49. The monoisotopic (exact) mass is 368 g/mol. The van der Waals surface area contributed by atoms with Crippen molar-refractivity contribution in [3.05, 3.63) is 0 Å². The molecule has 1 aromatic rings. The van der Waals surface area contributed by atoms with Gasteiger partial charge in [0.15, 0.2) is 4.34 Å². The Morgan fingerprint density at radius 1 is 1.25 bits per heavy atom. The number of amides is 2. The third-order valence-electron chi connectivity index (χ3n) is 4.64. The van der Waals surface area contributed by atoms with Crippen LogP contribution in [0, 0.1) is 5.92 Å². The van der Waals surface area contributed by atoms with Crippen molar-refractivity contribution in [2.75, 3.05) is 10.7 Å². The topological polar surface area (TPSA) is 75.2 Å². The van der Waals surface area contributed by atoms with Crippen molar-refractivity contribution in [3.63, 3.8) is 0 Å². The molecule has 2 fully saturated rings. The average molecular weight is 369 g/mol. The second kappa shape index (κ2) is 7.82. The summed E-state index contributed by atoms with van der Waals surface area (Å²) in [6.45, 7) is 3.77. The van der Waals surface area contributed by atoms with Gasteiger partial charge in [0.2, 0.25) is 16.9 Å². The molecule has 6 nitrogen and oxygen atoms in total. The number of rotatable bonds is 6. The Morgan fingerprint density at radius 3 is 2.67 bits per heavy atom. The molecule has 1 heterocycles. The lowest BCUT2D eigenvalue weighted by molar-refractivity contribution is -0.120. The number of nitrogens with zero attached hydrogens (tertiary/aromatic N) is 3. The Labute approximate surface area is 150 Å². The number of thioether (sulfide) groups is 1. The molecule has 0 unspecified atom stereocenters. The number of carbonyl (C=O) groups excluding carboxylic acids is 2. The van der Waals surface area contributed by atoms with Gasteiger partial charge in [-0.15, -0.1) is 10.2 Å². The van der Waals surface area contributed by atoms with E-state index < -0.39 is 0 Å². The molecule has 2 amide bonds. The summed E-state index contributed by atoms with van der Waals surface area (Å²) >= 11 is 2.79. The van der Waals surface area contributed by atoms with Crippen LogP contribution in [0.25, 0.3) is 0 Å². The summed E-state index contributed by atoms with van der Waals surface area (Å²) in [5.41, 5.74) is 0. The van der Waals surface area contributed by atoms with E-state index in [0.717, 1.165) is 23.6 Å². The fraction of sp³-hybridized carbons (Fsp3) is 0.750. The molecule has 1 aromatic heterocycles.